The van der Waals surface area contributed by atoms with Gasteiger partial charge in [-0.2, -0.15) is 0 Å². The minimum Gasteiger partial charge on any atom is -0.399 e. The van der Waals surface area contributed by atoms with Gasteiger partial charge in [-0.25, -0.2) is 4.99 Å². The van der Waals surface area contributed by atoms with Gasteiger partial charge >= 0.3 is 7.12 Å². The van der Waals surface area contributed by atoms with E-state index in [0.717, 1.165) is 5.47 Å². The van der Waals surface area contributed by atoms with E-state index in [0.29, 0.717) is 0 Å². The summed E-state index contributed by atoms with van der Waals surface area (Å²) in [7, 11) is -0.409. The SMILES string of the molecule is C=C(N)/N=C\C(=C/C)B1OC(C)(C)C(C)(C)O1. The second-order valence-electron chi connectivity index (χ2n) is 5.13. The highest BCUT2D eigenvalue weighted by molar-refractivity contribution is 6.60. The van der Waals surface area contributed by atoms with E-state index in [-0.39, 0.29) is 17.0 Å². The second-order valence-corrected chi connectivity index (χ2v) is 5.13. The normalized spacial score (nSPS) is 23.4. The summed E-state index contributed by atoms with van der Waals surface area (Å²) in [6.45, 7) is 13.5. The van der Waals surface area contributed by atoms with E-state index in [9.17, 15) is 0 Å². The summed E-state index contributed by atoms with van der Waals surface area (Å²) in [6.07, 6.45) is 3.53. The molecule has 1 heterocycles. The van der Waals surface area contributed by atoms with Crippen molar-refractivity contribution in [2.24, 2.45) is 10.7 Å². The molecule has 0 saturated carbocycles. The van der Waals surface area contributed by atoms with Crippen LogP contribution in [0.1, 0.15) is 34.6 Å². The van der Waals surface area contributed by atoms with Gasteiger partial charge in [0, 0.05) is 6.21 Å². The van der Waals surface area contributed by atoms with Crippen molar-refractivity contribution in [3.63, 3.8) is 0 Å². The number of nitrogens with zero attached hydrogens (tertiary/aromatic N) is 1. The fourth-order valence-corrected chi connectivity index (χ4v) is 1.41. The molecule has 1 aliphatic heterocycles. The standard InChI is InChI=1S/C12H21BN2O2/c1-7-10(8-15-9(2)14)13-16-11(3,4)12(5,6)17-13/h7-8H,2,14H2,1,3-6H3/b10-7+,15-8-. The lowest BCUT2D eigenvalue weighted by atomic mass is 9.79. The van der Waals surface area contributed by atoms with Crippen LogP contribution in [0, 0.1) is 0 Å². The summed E-state index contributed by atoms with van der Waals surface area (Å²) < 4.78 is 11.8. The van der Waals surface area contributed by atoms with Gasteiger partial charge in [-0.05, 0) is 40.1 Å². The molecule has 1 saturated heterocycles. The van der Waals surface area contributed by atoms with Crippen molar-refractivity contribution in [3.05, 3.63) is 23.9 Å². The van der Waals surface area contributed by atoms with Crippen molar-refractivity contribution in [1.29, 1.82) is 0 Å². The van der Waals surface area contributed by atoms with Crippen LogP contribution in [0.15, 0.2) is 28.9 Å². The average molecular weight is 236 g/mol. The van der Waals surface area contributed by atoms with Crippen LogP contribution >= 0.6 is 0 Å². The van der Waals surface area contributed by atoms with E-state index in [1.54, 1.807) is 6.21 Å². The van der Waals surface area contributed by atoms with Crippen LogP contribution in [0.25, 0.3) is 0 Å². The first kappa shape index (κ1) is 14.0. The number of aliphatic imine (C=N–C) groups is 1. The maximum Gasteiger partial charge on any atom is 0.496 e. The van der Waals surface area contributed by atoms with Gasteiger partial charge in [-0.3, -0.25) is 0 Å². The second kappa shape index (κ2) is 4.66. The molecule has 0 spiro atoms. The van der Waals surface area contributed by atoms with Gasteiger partial charge in [0.25, 0.3) is 0 Å². The Labute approximate surface area is 104 Å². The van der Waals surface area contributed by atoms with Gasteiger partial charge < -0.3 is 15.0 Å². The molecule has 0 atom stereocenters. The Balaban J connectivity index is 2.86. The molecule has 0 radical (unpaired) electrons. The van der Waals surface area contributed by atoms with E-state index in [1.165, 1.54) is 0 Å². The predicted molar refractivity (Wildman–Crippen MR) is 71.7 cm³/mol. The van der Waals surface area contributed by atoms with Crippen LogP contribution in [0.4, 0.5) is 0 Å². The molecule has 0 unspecified atom stereocenters. The molecule has 0 aromatic rings. The molecule has 1 rings (SSSR count). The molecular formula is C12H21BN2O2. The minimum atomic E-state index is -0.409. The average Bonchev–Trinajstić information content (AvgIpc) is 2.36. The van der Waals surface area contributed by atoms with Crippen LogP contribution in [0.2, 0.25) is 0 Å². The predicted octanol–water partition coefficient (Wildman–Crippen LogP) is 2.06. The third kappa shape index (κ3) is 2.98. The van der Waals surface area contributed by atoms with Crippen molar-refractivity contribution in [3.8, 4) is 0 Å². The molecule has 0 aromatic carbocycles. The zero-order valence-electron chi connectivity index (χ0n) is 11.3. The van der Waals surface area contributed by atoms with Crippen LogP contribution in [0.5, 0.6) is 0 Å². The lowest BCUT2D eigenvalue weighted by Crippen LogP contribution is -2.41. The Hall–Kier alpha value is -1.07. The Morgan fingerprint density at radius 2 is 1.71 bits per heavy atom. The maximum atomic E-state index is 5.90. The molecule has 1 aliphatic rings. The van der Waals surface area contributed by atoms with Gasteiger partial charge in [0.1, 0.15) is 5.82 Å². The van der Waals surface area contributed by atoms with E-state index in [1.807, 2.05) is 40.7 Å². The highest BCUT2D eigenvalue weighted by atomic mass is 16.7. The number of allylic oxidation sites excluding steroid dienone is 2. The van der Waals surface area contributed by atoms with E-state index < -0.39 is 7.12 Å². The fraction of sp³-hybridized carbons (Fsp3) is 0.583. The number of rotatable bonds is 3. The third-order valence-electron chi connectivity index (χ3n) is 3.24. The molecule has 2 N–H and O–H groups in total. The molecule has 1 fully saturated rings. The first-order valence-corrected chi connectivity index (χ1v) is 5.70. The van der Waals surface area contributed by atoms with Crippen LogP contribution in [-0.2, 0) is 9.31 Å². The van der Waals surface area contributed by atoms with Crippen LogP contribution in [0.3, 0.4) is 0 Å². The molecule has 5 heteroatoms. The third-order valence-corrected chi connectivity index (χ3v) is 3.24. The molecule has 94 valence electrons. The van der Waals surface area contributed by atoms with Crippen molar-refractivity contribution in [2.45, 2.75) is 45.8 Å². The van der Waals surface area contributed by atoms with Gasteiger partial charge in [0.2, 0.25) is 0 Å². The lowest BCUT2D eigenvalue weighted by Gasteiger charge is -2.32. The topological polar surface area (TPSA) is 56.8 Å². The molecule has 0 aromatic heterocycles. The molecule has 4 nitrogen and oxygen atoms in total. The monoisotopic (exact) mass is 236 g/mol. The van der Waals surface area contributed by atoms with Gasteiger partial charge in [-0.1, -0.05) is 12.7 Å². The minimum absolute atomic E-state index is 0.265. The summed E-state index contributed by atoms with van der Waals surface area (Å²) in [5.74, 6) is 0.265. The largest absolute Gasteiger partial charge is 0.496 e. The van der Waals surface area contributed by atoms with Crippen LogP contribution in [-0.4, -0.2) is 24.5 Å². The van der Waals surface area contributed by atoms with Crippen LogP contribution < -0.4 is 5.73 Å². The first-order valence-electron chi connectivity index (χ1n) is 5.70. The molecule has 0 bridgehead atoms. The molecule has 0 aliphatic carbocycles. The number of nitrogens with two attached hydrogens (primary N) is 1. The summed E-state index contributed by atoms with van der Waals surface area (Å²) in [6, 6.07) is 0. The summed E-state index contributed by atoms with van der Waals surface area (Å²) in [4.78, 5) is 3.97. The Morgan fingerprint density at radius 3 is 2.06 bits per heavy atom. The van der Waals surface area contributed by atoms with Crippen molar-refractivity contribution >= 4 is 13.3 Å². The quantitative estimate of drug-likeness (QED) is 0.602. The highest BCUT2D eigenvalue weighted by Crippen LogP contribution is 2.38. The lowest BCUT2D eigenvalue weighted by molar-refractivity contribution is 0.00578. The van der Waals surface area contributed by atoms with E-state index >= 15 is 0 Å². The Kier molecular flexibility index (Phi) is 3.84. The summed E-state index contributed by atoms with van der Waals surface area (Å²) >= 11 is 0. The summed E-state index contributed by atoms with van der Waals surface area (Å²) in [5.41, 5.74) is 5.55. The van der Waals surface area contributed by atoms with E-state index in [2.05, 4.69) is 11.6 Å². The molecule has 0 amide bonds. The zero-order valence-corrected chi connectivity index (χ0v) is 11.3. The van der Waals surface area contributed by atoms with Gasteiger partial charge in [-0.15, -0.1) is 0 Å². The summed E-state index contributed by atoms with van der Waals surface area (Å²) in [5, 5.41) is 0. The number of hydrogen-bond acceptors (Lipinski definition) is 4. The van der Waals surface area contributed by atoms with Gasteiger partial charge in [0.05, 0.1) is 11.2 Å². The highest BCUT2D eigenvalue weighted by Gasteiger charge is 2.52. The van der Waals surface area contributed by atoms with Crippen molar-refractivity contribution in [1.82, 2.24) is 0 Å². The van der Waals surface area contributed by atoms with Crippen molar-refractivity contribution < 1.29 is 9.31 Å². The van der Waals surface area contributed by atoms with E-state index in [4.69, 9.17) is 15.0 Å². The number of hydrogen-bond donors (Lipinski definition) is 1. The fourth-order valence-electron chi connectivity index (χ4n) is 1.41. The Bertz CT molecular complexity index is 357. The zero-order chi connectivity index (χ0) is 13.3. The Morgan fingerprint density at radius 1 is 1.24 bits per heavy atom. The smallest absolute Gasteiger partial charge is 0.399 e. The first-order chi connectivity index (χ1) is 7.69. The molecular weight excluding hydrogens is 215 g/mol. The molecule has 17 heavy (non-hydrogen) atoms. The maximum absolute atomic E-state index is 5.90. The van der Waals surface area contributed by atoms with Crippen molar-refractivity contribution in [2.75, 3.05) is 0 Å². The van der Waals surface area contributed by atoms with Gasteiger partial charge in [0.15, 0.2) is 0 Å².